The fourth-order valence-corrected chi connectivity index (χ4v) is 1.43. The average Bonchev–Trinajstić information content (AvgIpc) is 2.67. The van der Waals surface area contributed by atoms with Gasteiger partial charge in [-0.15, -0.1) is 0 Å². The molecule has 4 nitrogen and oxygen atoms in total. The van der Waals surface area contributed by atoms with Gasteiger partial charge in [-0.25, -0.2) is 0 Å². The Balaban J connectivity index is 2.27. The van der Waals surface area contributed by atoms with Gasteiger partial charge in [0.15, 0.2) is 0 Å². The van der Waals surface area contributed by atoms with E-state index in [1.165, 1.54) is 12.8 Å². The Hall–Kier alpha value is -0.610. The van der Waals surface area contributed by atoms with Crippen molar-refractivity contribution < 1.29 is 15.0 Å². The lowest BCUT2D eigenvalue weighted by atomic mass is 10.3. The second-order valence-corrected chi connectivity index (χ2v) is 3.88. The Morgan fingerprint density at radius 1 is 1.62 bits per heavy atom. The van der Waals surface area contributed by atoms with Gasteiger partial charge in [-0.1, -0.05) is 0 Å². The molecular formula is C9H17NO3. The molecule has 0 aromatic heterocycles. The molecule has 1 fully saturated rings. The van der Waals surface area contributed by atoms with E-state index < -0.39 is 12.1 Å². The molecule has 13 heavy (non-hydrogen) atoms. The first kappa shape index (κ1) is 10.5. The molecule has 0 spiro atoms. The first-order chi connectivity index (χ1) is 6.08. The van der Waals surface area contributed by atoms with Crippen LogP contribution in [0.1, 0.15) is 19.8 Å². The third-order valence-electron chi connectivity index (χ3n) is 2.09. The van der Waals surface area contributed by atoms with Crippen LogP contribution in [0.3, 0.4) is 0 Å². The van der Waals surface area contributed by atoms with Crippen LogP contribution < -0.4 is 0 Å². The van der Waals surface area contributed by atoms with Crippen LogP contribution in [0.25, 0.3) is 0 Å². The average molecular weight is 187 g/mol. The number of rotatable bonds is 6. The van der Waals surface area contributed by atoms with Gasteiger partial charge >= 0.3 is 5.97 Å². The van der Waals surface area contributed by atoms with Crippen molar-refractivity contribution in [3.05, 3.63) is 0 Å². The first-order valence-electron chi connectivity index (χ1n) is 4.70. The van der Waals surface area contributed by atoms with Crippen molar-refractivity contribution in [2.45, 2.75) is 25.9 Å². The van der Waals surface area contributed by atoms with Crippen LogP contribution in [0.2, 0.25) is 0 Å². The van der Waals surface area contributed by atoms with Crippen LogP contribution in [0.15, 0.2) is 0 Å². The zero-order valence-electron chi connectivity index (χ0n) is 7.94. The molecule has 2 N–H and O–H groups in total. The number of aliphatic carboxylic acids is 1. The highest BCUT2D eigenvalue weighted by molar-refractivity contribution is 5.69. The zero-order chi connectivity index (χ0) is 9.84. The Morgan fingerprint density at radius 3 is 2.62 bits per heavy atom. The third-order valence-corrected chi connectivity index (χ3v) is 2.09. The minimum absolute atomic E-state index is 0.0431. The van der Waals surface area contributed by atoms with Crippen molar-refractivity contribution in [3.63, 3.8) is 0 Å². The summed E-state index contributed by atoms with van der Waals surface area (Å²) in [4.78, 5) is 12.3. The maximum Gasteiger partial charge on any atom is 0.317 e. The summed E-state index contributed by atoms with van der Waals surface area (Å²) in [7, 11) is 0. The molecule has 0 aliphatic heterocycles. The summed E-state index contributed by atoms with van der Waals surface area (Å²) in [5.74, 6) is -0.153. The van der Waals surface area contributed by atoms with Crippen LogP contribution in [-0.4, -0.2) is 46.8 Å². The van der Waals surface area contributed by atoms with E-state index in [0.717, 1.165) is 6.54 Å². The minimum Gasteiger partial charge on any atom is -0.480 e. The normalized spacial score (nSPS) is 19.0. The molecule has 0 heterocycles. The molecule has 76 valence electrons. The molecule has 0 radical (unpaired) electrons. The standard InChI is InChI=1S/C9H17NO3/c1-7(11)4-10(6-9(12)13)5-8-2-3-8/h7-8,11H,2-6H2,1H3,(H,12,13). The molecule has 0 saturated heterocycles. The van der Waals surface area contributed by atoms with Gasteiger partial charge in [0.2, 0.25) is 0 Å². The third kappa shape index (κ3) is 4.85. The molecule has 4 heteroatoms. The topological polar surface area (TPSA) is 60.8 Å². The number of carboxylic acid groups (broad SMARTS) is 1. The lowest BCUT2D eigenvalue weighted by Crippen LogP contribution is -2.36. The number of nitrogens with zero attached hydrogens (tertiary/aromatic N) is 1. The van der Waals surface area contributed by atoms with E-state index in [-0.39, 0.29) is 6.54 Å². The predicted molar refractivity (Wildman–Crippen MR) is 48.5 cm³/mol. The quantitative estimate of drug-likeness (QED) is 0.622. The summed E-state index contributed by atoms with van der Waals surface area (Å²) < 4.78 is 0. The van der Waals surface area contributed by atoms with Crippen molar-refractivity contribution in [3.8, 4) is 0 Å². The van der Waals surface area contributed by atoms with Gasteiger partial charge in [-0.2, -0.15) is 0 Å². The second kappa shape index (κ2) is 4.58. The van der Waals surface area contributed by atoms with E-state index in [2.05, 4.69) is 0 Å². The predicted octanol–water partition coefficient (Wildman–Crippen LogP) is 0.164. The van der Waals surface area contributed by atoms with E-state index in [4.69, 9.17) is 10.2 Å². The van der Waals surface area contributed by atoms with Crippen molar-refractivity contribution in [2.75, 3.05) is 19.6 Å². The van der Waals surface area contributed by atoms with E-state index in [0.29, 0.717) is 12.5 Å². The number of aliphatic hydroxyl groups is 1. The highest BCUT2D eigenvalue weighted by Gasteiger charge is 2.25. The van der Waals surface area contributed by atoms with E-state index in [1.54, 1.807) is 6.92 Å². The maximum absolute atomic E-state index is 10.5. The first-order valence-corrected chi connectivity index (χ1v) is 4.70. The molecule has 1 aliphatic carbocycles. The minimum atomic E-state index is -0.818. The van der Waals surface area contributed by atoms with Crippen LogP contribution in [-0.2, 0) is 4.79 Å². The summed E-state index contributed by atoms with van der Waals surface area (Å²) in [5.41, 5.74) is 0. The zero-order valence-corrected chi connectivity index (χ0v) is 7.94. The van der Waals surface area contributed by atoms with Crippen molar-refractivity contribution in [1.82, 2.24) is 4.90 Å². The Morgan fingerprint density at radius 2 is 2.23 bits per heavy atom. The van der Waals surface area contributed by atoms with Gasteiger partial charge in [0, 0.05) is 13.1 Å². The van der Waals surface area contributed by atoms with Crippen LogP contribution in [0, 0.1) is 5.92 Å². The molecule has 0 aromatic carbocycles. The van der Waals surface area contributed by atoms with Gasteiger partial charge in [-0.3, -0.25) is 9.69 Å². The SMILES string of the molecule is CC(O)CN(CC(=O)O)CC1CC1. The van der Waals surface area contributed by atoms with Crippen molar-refractivity contribution >= 4 is 5.97 Å². The number of aliphatic hydroxyl groups excluding tert-OH is 1. The number of carboxylic acids is 1. The smallest absolute Gasteiger partial charge is 0.317 e. The highest BCUT2D eigenvalue weighted by atomic mass is 16.4. The molecule has 0 bridgehead atoms. The maximum atomic E-state index is 10.5. The van der Waals surface area contributed by atoms with Gasteiger partial charge in [0.05, 0.1) is 12.6 Å². The molecule has 1 aliphatic rings. The summed E-state index contributed by atoms with van der Waals surface area (Å²) >= 11 is 0. The summed E-state index contributed by atoms with van der Waals surface area (Å²) in [6.07, 6.45) is 1.96. The van der Waals surface area contributed by atoms with Crippen LogP contribution in [0.5, 0.6) is 0 Å². The monoisotopic (exact) mass is 187 g/mol. The number of hydrogen-bond acceptors (Lipinski definition) is 3. The fraction of sp³-hybridized carbons (Fsp3) is 0.889. The Labute approximate surface area is 78.2 Å². The largest absolute Gasteiger partial charge is 0.480 e. The van der Waals surface area contributed by atoms with Gasteiger partial charge < -0.3 is 10.2 Å². The summed E-state index contributed by atoms with van der Waals surface area (Å²) in [5, 5.41) is 17.7. The number of carbonyl (C=O) groups is 1. The van der Waals surface area contributed by atoms with Crippen LogP contribution in [0.4, 0.5) is 0 Å². The molecule has 0 amide bonds. The molecule has 1 rings (SSSR count). The number of hydrogen-bond donors (Lipinski definition) is 2. The molecular weight excluding hydrogens is 170 g/mol. The van der Waals surface area contributed by atoms with Gasteiger partial charge in [0.25, 0.3) is 0 Å². The molecule has 1 saturated carbocycles. The molecule has 1 atom stereocenters. The lowest BCUT2D eigenvalue weighted by Gasteiger charge is -2.21. The van der Waals surface area contributed by atoms with Gasteiger partial charge in [-0.05, 0) is 25.7 Å². The highest BCUT2D eigenvalue weighted by Crippen LogP contribution is 2.29. The van der Waals surface area contributed by atoms with Crippen molar-refractivity contribution in [2.24, 2.45) is 5.92 Å². The fourth-order valence-electron chi connectivity index (χ4n) is 1.43. The second-order valence-electron chi connectivity index (χ2n) is 3.88. The summed E-state index contributed by atoms with van der Waals surface area (Å²) in [6.45, 7) is 3.00. The van der Waals surface area contributed by atoms with Gasteiger partial charge in [0.1, 0.15) is 0 Å². The summed E-state index contributed by atoms with van der Waals surface area (Å²) in [6, 6.07) is 0. The van der Waals surface area contributed by atoms with E-state index >= 15 is 0 Å². The van der Waals surface area contributed by atoms with Crippen LogP contribution >= 0.6 is 0 Å². The van der Waals surface area contributed by atoms with Crippen molar-refractivity contribution in [1.29, 1.82) is 0 Å². The molecule has 0 aromatic rings. The lowest BCUT2D eigenvalue weighted by molar-refractivity contribution is -0.138. The Bertz CT molecular complexity index is 174. The molecule has 1 unspecified atom stereocenters. The Kier molecular flexibility index (Phi) is 3.69. The van der Waals surface area contributed by atoms with E-state index in [1.807, 2.05) is 4.90 Å². The van der Waals surface area contributed by atoms with E-state index in [9.17, 15) is 4.79 Å².